The molecule has 2 heterocycles. The average molecular weight is 581 g/mol. The maximum Gasteiger partial charge on any atom is 0.266 e. The number of halogens is 2. The van der Waals surface area contributed by atoms with Crippen molar-refractivity contribution >= 4 is 33.0 Å². The molecule has 0 spiro atoms. The van der Waals surface area contributed by atoms with Crippen molar-refractivity contribution in [3.8, 4) is 0 Å². The Kier molecular flexibility index (Phi) is 6.92. The van der Waals surface area contributed by atoms with Crippen molar-refractivity contribution in [2.24, 2.45) is 0 Å². The van der Waals surface area contributed by atoms with Crippen molar-refractivity contribution in [1.82, 2.24) is 4.72 Å². The molecule has 0 bridgehead atoms. The van der Waals surface area contributed by atoms with Crippen molar-refractivity contribution < 1.29 is 22.0 Å². The van der Waals surface area contributed by atoms with Crippen LogP contribution < -0.4 is 19.8 Å². The van der Waals surface area contributed by atoms with Crippen molar-refractivity contribution in [2.45, 2.75) is 49.8 Å². The van der Waals surface area contributed by atoms with E-state index in [2.05, 4.69) is 32.0 Å². The maximum absolute atomic E-state index is 14.7. The van der Waals surface area contributed by atoms with E-state index in [0.29, 0.717) is 49.3 Å². The van der Waals surface area contributed by atoms with Gasteiger partial charge in [0.2, 0.25) is 10.0 Å². The summed E-state index contributed by atoms with van der Waals surface area (Å²) >= 11 is 0. The number of anilines is 3. The van der Waals surface area contributed by atoms with Crippen LogP contribution in [0, 0.1) is 11.6 Å². The first kappa shape index (κ1) is 27.5. The van der Waals surface area contributed by atoms with Gasteiger partial charge in [0.15, 0.2) is 0 Å². The molecule has 1 amide bonds. The molecule has 3 aliphatic rings. The van der Waals surface area contributed by atoms with E-state index < -0.39 is 32.4 Å². The number of para-hydroxylation sites is 1. The van der Waals surface area contributed by atoms with Gasteiger partial charge in [0, 0.05) is 31.9 Å². The highest BCUT2D eigenvalue weighted by atomic mass is 32.2. The highest BCUT2D eigenvalue weighted by Gasteiger charge is 2.40. The Morgan fingerprint density at radius 3 is 2.37 bits per heavy atom. The van der Waals surface area contributed by atoms with Crippen LogP contribution in [0.15, 0.2) is 60.7 Å². The van der Waals surface area contributed by atoms with E-state index >= 15 is 0 Å². The lowest BCUT2D eigenvalue weighted by molar-refractivity contribution is 0.0981. The number of rotatable bonds is 6. The van der Waals surface area contributed by atoms with E-state index in [1.807, 2.05) is 38.1 Å². The second-order valence-electron chi connectivity index (χ2n) is 11.9. The minimum absolute atomic E-state index is 0.0116. The minimum Gasteiger partial charge on any atom is -0.377 e. The second kappa shape index (κ2) is 10.3. The molecule has 0 aromatic heterocycles. The lowest BCUT2D eigenvalue weighted by Gasteiger charge is -2.40. The molecule has 2 fully saturated rings. The van der Waals surface area contributed by atoms with Crippen LogP contribution in [0.5, 0.6) is 0 Å². The molecule has 216 valence electrons. The Bertz CT molecular complexity index is 1600. The summed E-state index contributed by atoms with van der Waals surface area (Å²) in [5, 5.41) is 2.88. The number of hydrogen-bond acceptors (Lipinski definition) is 6. The van der Waals surface area contributed by atoms with Crippen molar-refractivity contribution in [3.63, 3.8) is 0 Å². The first-order valence-corrected chi connectivity index (χ1v) is 15.6. The monoisotopic (exact) mass is 580 g/mol. The molecule has 1 atom stereocenters. The van der Waals surface area contributed by atoms with E-state index in [1.54, 1.807) is 6.07 Å². The van der Waals surface area contributed by atoms with Gasteiger partial charge in [0.1, 0.15) is 11.6 Å². The average Bonchev–Trinajstić information content (AvgIpc) is 3.80. The number of nitrogens with zero attached hydrogens (tertiary/aromatic N) is 2. The van der Waals surface area contributed by atoms with E-state index in [1.165, 1.54) is 12.1 Å². The number of carbonyl (C=O) groups excluding carboxylic acids is 1. The molecule has 2 aliphatic heterocycles. The molecule has 1 aliphatic carbocycles. The number of sulfonamides is 1. The molecule has 10 heteroatoms. The summed E-state index contributed by atoms with van der Waals surface area (Å²) in [5.74, 6) is -1.62. The van der Waals surface area contributed by atoms with Crippen molar-refractivity contribution in [3.05, 3.63) is 89.0 Å². The van der Waals surface area contributed by atoms with Crippen LogP contribution in [0.25, 0.3) is 0 Å². The summed E-state index contributed by atoms with van der Waals surface area (Å²) in [4.78, 5) is 17.5. The van der Waals surface area contributed by atoms with Crippen molar-refractivity contribution in [2.75, 3.05) is 41.3 Å². The zero-order chi connectivity index (χ0) is 28.9. The van der Waals surface area contributed by atoms with Gasteiger partial charge < -0.3 is 15.1 Å². The molecular formula is C31H34F2N4O3S. The molecule has 6 rings (SSSR count). The number of benzene rings is 3. The Hall–Kier alpha value is -3.66. The van der Waals surface area contributed by atoms with E-state index in [0.717, 1.165) is 30.4 Å². The predicted octanol–water partition coefficient (Wildman–Crippen LogP) is 5.35. The third kappa shape index (κ3) is 5.49. The molecular weight excluding hydrogens is 546 g/mol. The van der Waals surface area contributed by atoms with Crippen LogP contribution in [0.2, 0.25) is 0 Å². The van der Waals surface area contributed by atoms with E-state index in [9.17, 15) is 22.0 Å². The van der Waals surface area contributed by atoms with Gasteiger partial charge in [0.25, 0.3) is 5.91 Å². The number of amides is 1. The van der Waals surface area contributed by atoms with Gasteiger partial charge in [-0.2, -0.15) is 0 Å². The lowest BCUT2D eigenvalue weighted by Crippen LogP contribution is -2.46. The van der Waals surface area contributed by atoms with Crippen LogP contribution in [-0.2, 0) is 15.4 Å². The molecule has 3 aromatic rings. The first-order valence-electron chi connectivity index (χ1n) is 14.0. The topological polar surface area (TPSA) is 81.8 Å². The number of piperazine rings is 1. The number of carbonyl (C=O) groups is 1. The van der Waals surface area contributed by atoms with Crippen LogP contribution >= 0.6 is 0 Å². The zero-order valence-electron chi connectivity index (χ0n) is 23.2. The predicted molar refractivity (Wildman–Crippen MR) is 157 cm³/mol. The Morgan fingerprint density at radius 1 is 0.951 bits per heavy atom. The molecule has 3 aromatic carbocycles. The molecule has 1 saturated carbocycles. The number of hydrogen-bond donors (Lipinski definition) is 2. The Labute approximate surface area is 239 Å². The van der Waals surface area contributed by atoms with Crippen LogP contribution in [0.4, 0.5) is 25.8 Å². The Balaban J connectivity index is 1.24. The fraction of sp³-hybridized carbons (Fsp3) is 0.387. The van der Waals surface area contributed by atoms with Crippen LogP contribution in [0.1, 0.15) is 60.6 Å². The summed E-state index contributed by atoms with van der Waals surface area (Å²) in [7, 11) is -3.79. The fourth-order valence-corrected chi connectivity index (χ4v) is 7.31. The molecule has 41 heavy (non-hydrogen) atoms. The summed E-state index contributed by atoms with van der Waals surface area (Å²) < 4.78 is 56.1. The van der Waals surface area contributed by atoms with Gasteiger partial charge in [-0.1, -0.05) is 38.1 Å². The Morgan fingerprint density at radius 2 is 1.66 bits per heavy atom. The van der Waals surface area contributed by atoms with Crippen LogP contribution in [0.3, 0.4) is 0 Å². The summed E-state index contributed by atoms with van der Waals surface area (Å²) in [6, 6.07) is 17.4. The third-order valence-corrected chi connectivity index (χ3v) is 10.2. The first-order chi connectivity index (χ1) is 19.5. The standard InChI is InChI=1S/C31H34F2N4O3S/c1-31(2)19-27(34-29-24(17-21(32)18-25(29)31)30(38)35-41(39,40)23-10-11-23)20-6-5-7-22(16-20)36-12-14-37(15-13-36)28-9-4-3-8-26(28)33/h3-9,16-18,23,27,34H,10-15,19H2,1-2H3,(H,35,38). The summed E-state index contributed by atoms with van der Waals surface area (Å²) in [6.45, 7) is 6.88. The third-order valence-electron chi connectivity index (χ3n) is 8.42. The molecule has 1 saturated heterocycles. The van der Waals surface area contributed by atoms with Gasteiger partial charge in [-0.15, -0.1) is 0 Å². The SMILES string of the molecule is CC1(C)CC(c2cccc(N3CCN(c4ccccc4F)CC3)c2)Nc2c(C(=O)NS(=O)(=O)C3CC3)cc(F)cc21. The highest BCUT2D eigenvalue weighted by Crippen LogP contribution is 2.46. The summed E-state index contributed by atoms with van der Waals surface area (Å²) in [6.07, 6.45) is 1.69. The van der Waals surface area contributed by atoms with Gasteiger partial charge in [0.05, 0.1) is 28.2 Å². The van der Waals surface area contributed by atoms with E-state index in [4.69, 9.17) is 0 Å². The normalized spacial score (nSPS) is 20.2. The van der Waals surface area contributed by atoms with Crippen molar-refractivity contribution in [1.29, 1.82) is 0 Å². The van der Waals surface area contributed by atoms with Gasteiger partial charge in [-0.25, -0.2) is 21.9 Å². The van der Waals surface area contributed by atoms with E-state index in [-0.39, 0.29) is 17.4 Å². The van der Waals surface area contributed by atoms with Gasteiger partial charge in [-0.05, 0) is 72.2 Å². The minimum atomic E-state index is -3.79. The fourth-order valence-electron chi connectivity index (χ4n) is 6.02. The van der Waals surface area contributed by atoms with Gasteiger partial charge >= 0.3 is 0 Å². The smallest absolute Gasteiger partial charge is 0.266 e. The zero-order valence-corrected chi connectivity index (χ0v) is 24.0. The lowest BCUT2D eigenvalue weighted by atomic mass is 9.73. The molecule has 7 nitrogen and oxygen atoms in total. The number of nitrogens with one attached hydrogen (secondary N) is 2. The summed E-state index contributed by atoms with van der Waals surface area (Å²) in [5.41, 5.74) is 3.28. The highest BCUT2D eigenvalue weighted by molar-refractivity contribution is 7.91. The second-order valence-corrected chi connectivity index (χ2v) is 13.8. The molecule has 2 N–H and O–H groups in total. The quantitative estimate of drug-likeness (QED) is 0.409. The van der Waals surface area contributed by atoms with Gasteiger partial charge in [-0.3, -0.25) is 4.79 Å². The molecule has 1 unspecified atom stereocenters. The largest absolute Gasteiger partial charge is 0.377 e. The maximum atomic E-state index is 14.7. The van der Waals surface area contributed by atoms with Crippen LogP contribution in [-0.4, -0.2) is 45.8 Å². The number of fused-ring (bicyclic) bond motifs is 1. The molecule has 0 radical (unpaired) electrons.